The number of carboxylic acid groups (broad SMARTS) is 3. The van der Waals surface area contributed by atoms with Gasteiger partial charge in [0, 0.05) is 25.8 Å². The highest BCUT2D eigenvalue weighted by atomic mass is 16.4. The molecule has 1 heterocycles. The number of phenols is 1. The molecule has 1 aromatic carbocycles. The van der Waals surface area contributed by atoms with Gasteiger partial charge in [0.1, 0.15) is 84.3 Å². The third-order valence-corrected chi connectivity index (χ3v) is 20.3. The zero-order valence-electron chi connectivity index (χ0n) is 70.6. The average molecular weight is 1720 g/mol. The first-order valence-electron chi connectivity index (χ1n) is 41.1. The summed E-state index contributed by atoms with van der Waals surface area (Å²) in [6.45, 7) is 11.6. The van der Waals surface area contributed by atoms with E-state index in [4.69, 9.17) is 22.9 Å². The molecule has 1 saturated heterocycles. The van der Waals surface area contributed by atoms with Crippen LogP contribution in [0.5, 0.6) is 5.75 Å². The van der Waals surface area contributed by atoms with Crippen LogP contribution in [-0.4, -0.2) is 279 Å². The van der Waals surface area contributed by atoms with Crippen molar-refractivity contribution in [2.75, 3.05) is 52.4 Å². The number of hydrogen-bond acceptors (Lipinski definition) is 25. The molecule has 16 atom stereocenters. The lowest BCUT2D eigenvalue weighted by Crippen LogP contribution is -2.61. The van der Waals surface area contributed by atoms with Crippen LogP contribution in [0.4, 0.5) is 0 Å². The SMILES string of the molecule is CC[C@H](C)[C@H](NC(=O)[C@H](CCC(=O)O)NC(=O)[C@@H]1CCCN1C(=O)[C@H](Cc1ccc(O)cc1)NC(=O)[C@@H](NC(=O)CNC(=O)[C@@H](NC(=O)[C@H](CCCCN)NC(=O)[C@H](CCCCN)NC(=O)CNC(=O)[C@@H](NC(=O)[C@H](CO)NC(=O)[C@H](CCCCN)NC(=O)[C@H](CCC(=O)O)NC(=O)[C@H](CC(C)C)NC(=O)CN)[C@@H](C)O)C(C)C)[C@@H](C)CC)C(=O)O. The Balaban J connectivity index is 2.35. The van der Waals surface area contributed by atoms with Gasteiger partial charge in [0.05, 0.1) is 32.3 Å². The van der Waals surface area contributed by atoms with E-state index in [1.165, 1.54) is 29.2 Å². The lowest BCUT2D eigenvalue weighted by molar-refractivity contribution is -0.145. The van der Waals surface area contributed by atoms with Crippen LogP contribution in [0.3, 0.4) is 0 Å². The summed E-state index contributed by atoms with van der Waals surface area (Å²) in [5, 5.41) is 94.6. The minimum Gasteiger partial charge on any atom is -0.508 e. The van der Waals surface area contributed by atoms with Gasteiger partial charge in [-0.1, -0.05) is 80.4 Å². The number of aliphatic hydroxyl groups excluding tert-OH is 2. The van der Waals surface area contributed by atoms with E-state index in [1.807, 2.05) is 0 Å². The van der Waals surface area contributed by atoms with Crippen LogP contribution < -0.4 is 97.4 Å². The smallest absolute Gasteiger partial charge is 0.326 e. The molecule has 0 unspecified atom stereocenters. The molecule has 0 aromatic heterocycles. The maximum atomic E-state index is 14.8. The Morgan fingerprint density at radius 1 is 0.438 bits per heavy atom. The Hall–Kier alpha value is -10.8. The highest BCUT2D eigenvalue weighted by Gasteiger charge is 2.42. The molecule has 1 aliphatic rings. The summed E-state index contributed by atoms with van der Waals surface area (Å²) in [4.78, 5) is 245. The van der Waals surface area contributed by atoms with E-state index in [0.717, 1.165) is 6.92 Å². The Labute approximate surface area is 703 Å². The zero-order chi connectivity index (χ0) is 91.3. The van der Waals surface area contributed by atoms with Crippen molar-refractivity contribution < 1.29 is 117 Å². The zero-order valence-corrected chi connectivity index (χ0v) is 70.6. The lowest BCUT2D eigenvalue weighted by atomic mass is 9.97. The van der Waals surface area contributed by atoms with E-state index in [-0.39, 0.29) is 108 Å². The quantitative estimate of drug-likeness (QED) is 0.0270. The van der Waals surface area contributed by atoms with Crippen LogP contribution in [0, 0.1) is 23.7 Å². The second-order valence-electron chi connectivity index (χ2n) is 30.9. The molecule has 0 bridgehead atoms. The molecular weight excluding hydrogens is 1590 g/mol. The van der Waals surface area contributed by atoms with Crippen molar-refractivity contribution in [1.82, 2.24) is 79.3 Å². The van der Waals surface area contributed by atoms with E-state index in [2.05, 4.69) is 74.4 Å². The number of nitrogens with one attached hydrogen (secondary N) is 14. The Kier molecular flexibility index (Phi) is 49.2. The van der Waals surface area contributed by atoms with Crippen molar-refractivity contribution in [2.45, 2.75) is 269 Å². The third kappa shape index (κ3) is 38.7. The number of hydrogen-bond donors (Lipinski definition) is 24. The standard InChI is InChI=1S/C78H131N19O24/c1-10-43(7)63(76(118)91-54(36-46-23-25-47(100)26-24-46)77(119)97-34-18-22-56(97)73(115)90-52(28-30-61(106)107)70(112)95-64(78(120)121)44(8)11-2)93-59(103)39-83-74(116)62(42(5)6)94-69(111)50(21-14-17-33-81)88-66(108)48(19-12-15-31-79)85-58(102)38-84-75(117)65(45(9)99)96-72(114)55(40-98)92-67(109)49(20-13-16-32-80)87-68(110)51(27-29-60(104)105)89-71(113)53(35-41(3)4)86-57(101)37-82/h23-26,41-45,48-56,62-65,98-100H,10-22,27-40,79-82H2,1-9H3,(H,83,116)(H,84,117)(H,85,102)(H,86,101)(H,87,110)(H,88,108)(H,89,113)(H,90,115)(H,91,118)(H,92,109)(H,93,103)(H,94,111)(H,95,112)(H,96,114)(H,104,105)(H,106,107)(H,120,121)/t43-,44-,45+,48-,49-,50-,51-,52-,53-,54-,55-,56-,62-,63-,64-,65-/m0/s1. The lowest BCUT2D eigenvalue weighted by Gasteiger charge is -2.32. The van der Waals surface area contributed by atoms with Gasteiger partial charge in [0.2, 0.25) is 88.6 Å². The van der Waals surface area contributed by atoms with Gasteiger partial charge in [-0.3, -0.25) is 81.5 Å². The summed E-state index contributed by atoms with van der Waals surface area (Å²) in [6, 6.07) is -13.6. The second kappa shape index (κ2) is 56.0. The summed E-state index contributed by atoms with van der Waals surface area (Å²) in [5.41, 5.74) is 23.1. The number of carboxylic acids is 3. The monoisotopic (exact) mass is 1720 g/mol. The summed E-state index contributed by atoms with van der Waals surface area (Å²) >= 11 is 0. The number of phenolic OH excluding ortho intramolecular Hbond substituents is 1. The number of carbonyl (C=O) groups is 18. The second-order valence-corrected chi connectivity index (χ2v) is 30.9. The van der Waals surface area contributed by atoms with E-state index < -0.39 is 261 Å². The van der Waals surface area contributed by atoms with Crippen LogP contribution in [0.15, 0.2) is 24.3 Å². The van der Waals surface area contributed by atoms with Crippen molar-refractivity contribution in [1.29, 1.82) is 0 Å². The Bertz CT molecular complexity index is 3610. The van der Waals surface area contributed by atoms with Gasteiger partial charge in [0.15, 0.2) is 0 Å². The van der Waals surface area contributed by atoms with Gasteiger partial charge in [-0.15, -0.1) is 0 Å². The number of benzene rings is 1. The molecule has 43 heteroatoms. The third-order valence-electron chi connectivity index (χ3n) is 20.3. The summed E-state index contributed by atoms with van der Waals surface area (Å²) in [7, 11) is 0. The number of rotatable bonds is 59. The first-order valence-corrected chi connectivity index (χ1v) is 41.1. The number of likely N-dealkylation sites (tertiary alicyclic amines) is 1. The number of nitrogens with two attached hydrogens (primary N) is 4. The topological polar surface area (TPSA) is 704 Å². The van der Waals surface area contributed by atoms with E-state index in [9.17, 15) is 117 Å². The Morgan fingerprint density at radius 2 is 0.835 bits per heavy atom. The summed E-state index contributed by atoms with van der Waals surface area (Å²) < 4.78 is 0. The normalized spacial score (nSPS) is 16.2. The highest BCUT2D eigenvalue weighted by Crippen LogP contribution is 2.23. The Morgan fingerprint density at radius 3 is 1.27 bits per heavy atom. The molecule has 121 heavy (non-hydrogen) atoms. The van der Waals surface area contributed by atoms with Gasteiger partial charge in [0.25, 0.3) is 0 Å². The number of unbranched alkanes of at least 4 members (excludes halogenated alkanes) is 3. The van der Waals surface area contributed by atoms with Gasteiger partial charge in [-0.05, 0) is 158 Å². The fourth-order valence-corrected chi connectivity index (χ4v) is 12.8. The minimum absolute atomic E-state index is 0.0196. The number of nitrogens with zero attached hydrogens (tertiary/aromatic N) is 1. The van der Waals surface area contributed by atoms with Gasteiger partial charge in [-0.2, -0.15) is 0 Å². The average Bonchev–Trinajstić information content (AvgIpc) is 1.72. The van der Waals surface area contributed by atoms with Crippen LogP contribution in [0.2, 0.25) is 0 Å². The largest absolute Gasteiger partial charge is 0.508 e. The highest BCUT2D eigenvalue weighted by molar-refractivity contribution is 6.00. The molecule has 682 valence electrons. The molecular formula is C78H131N19O24. The molecule has 1 fully saturated rings. The van der Waals surface area contributed by atoms with Gasteiger partial charge >= 0.3 is 17.9 Å². The molecule has 15 amide bonds. The molecule has 28 N–H and O–H groups in total. The van der Waals surface area contributed by atoms with Crippen LogP contribution >= 0.6 is 0 Å². The first-order chi connectivity index (χ1) is 57.1. The van der Waals surface area contributed by atoms with E-state index in [0.29, 0.717) is 31.2 Å². The number of aromatic hydroxyl groups is 1. The van der Waals surface area contributed by atoms with Gasteiger partial charge in [-0.25, -0.2) is 4.79 Å². The fourth-order valence-electron chi connectivity index (χ4n) is 12.8. The predicted octanol–water partition coefficient (Wildman–Crippen LogP) is -5.70. The number of carbonyl (C=O) groups excluding carboxylic acids is 15. The van der Waals surface area contributed by atoms with Crippen molar-refractivity contribution in [3.8, 4) is 5.75 Å². The molecule has 0 saturated carbocycles. The van der Waals surface area contributed by atoms with Crippen LogP contribution in [0.1, 0.15) is 183 Å². The van der Waals surface area contributed by atoms with Crippen LogP contribution in [0.25, 0.3) is 0 Å². The van der Waals surface area contributed by atoms with Crippen LogP contribution in [-0.2, 0) is 92.7 Å². The molecule has 0 radical (unpaired) electrons. The summed E-state index contributed by atoms with van der Waals surface area (Å²) in [5.74, 6) is -20.3. The number of aliphatic hydroxyl groups is 2. The fraction of sp³-hybridized carbons (Fsp3) is 0.692. The molecule has 2 rings (SSSR count). The van der Waals surface area contributed by atoms with Crippen molar-refractivity contribution in [3.63, 3.8) is 0 Å². The van der Waals surface area contributed by atoms with E-state index in [1.54, 1.807) is 55.4 Å². The first kappa shape index (κ1) is 106. The maximum absolute atomic E-state index is 14.8. The van der Waals surface area contributed by atoms with Crippen molar-refractivity contribution >= 4 is 107 Å². The molecule has 43 nitrogen and oxygen atoms in total. The predicted molar refractivity (Wildman–Crippen MR) is 437 cm³/mol. The van der Waals surface area contributed by atoms with Crippen molar-refractivity contribution in [2.24, 2.45) is 46.6 Å². The minimum atomic E-state index is -1.89. The molecule has 1 aromatic rings. The maximum Gasteiger partial charge on any atom is 0.326 e. The van der Waals surface area contributed by atoms with Gasteiger partial charge < -0.3 is 133 Å². The molecule has 1 aliphatic heterocycles. The van der Waals surface area contributed by atoms with E-state index >= 15 is 0 Å². The van der Waals surface area contributed by atoms with Crippen molar-refractivity contribution in [3.05, 3.63) is 29.8 Å². The number of aliphatic carboxylic acids is 3. The number of amides is 15. The summed E-state index contributed by atoms with van der Waals surface area (Å²) in [6.07, 6.45) is -1.56. The molecule has 0 aliphatic carbocycles. The molecule has 0 spiro atoms.